The van der Waals surface area contributed by atoms with Crippen molar-refractivity contribution in [2.24, 2.45) is 0 Å². The van der Waals surface area contributed by atoms with Crippen LogP contribution >= 0.6 is 0 Å². The van der Waals surface area contributed by atoms with Crippen LogP contribution in [0.25, 0.3) is 0 Å². The molecule has 3 N–H and O–H groups in total. The van der Waals surface area contributed by atoms with Crippen molar-refractivity contribution in [2.75, 3.05) is 20.1 Å². The Bertz CT molecular complexity index is 638. The summed E-state index contributed by atoms with van der Waals surface area (Å²) >= 11 is 0. The summed E-state index contributed by atoms with van der Waals surface area (Å²) in [7, 11) is 1.67. The molecule has 0 atom stereocenters. The van der Waals surface area contributed by atoms with Crippen LogP contribution in [-0.4, -0.2) is 37.1 Å². The minimum absolute atomic E-state index is 0.0445. The normalized spacial score (nSPS) is 10.7. The minimum Gasteiger partial charge on any atom is -0.463 e. The maximum Gasteiger partial charge on any atom is 0.169 e. The van der Waals surface area contributed by atoms with Gasteiger partial charge < -0.3 is 20.4 Å². The molecule has 0 radical (unpaired) electrons. The molecule has 0 saturated carbocycles. The van der Waals surface area contributed by atoms with Crippen LogP contribution in [-0.2, 0) is 13.1 Å². The van der Waals surface area contributed by atoms with Gasteiger partial charge in [0.15, 0.2) is 5.57 Å². The van der Waals surface area contributed by atoms with Gasteiger partial charge in [0.25, 0.3) is 0 Å². The molecule has 0 unspecified atom stereocenters. The highest BCUT2D eigenvalue weighted by Crippen LogP contribution is 2.14. The fourth-order valence-electron chi connectivity index (χ4n) is 2.67. The molecule has 0 fully saturated rings. The van der Waals surface area contributed by atoms with Gasteiger partial charge in [-0.1, -0.05) is 0 Å². The number of hydrogen-bond donors (Lipinski definition) is 3. The van der Waals surface area contributed by atoms with Crippen molar-refractivity contribution in [1.29, 1.82) is 10.5 Å². The average molecular weight is 358 g/mol. The monoisotopic (exact) mass is 358 g/mol. The van der Waals surface area contributed by atoms with Gasteiger partial charge in [0, 0.05) is 32.2 Å². The Morgan fingerprint density at radius 3 is 2.23 bits per heavy atom. The number of furan rings is 1. The Morgan fingerprint density at radius 1 is 1.08 bits per heavy atom. The van der Waals surface area contributed by atoms with Crippen molar-refractivity contribution in [3.05, 3.63) is 35.0 Å². The van der Waals surface area contributed by atoms with Crippen LogP contribution < -0.4 is 16.0 Å². The fraction of sp³-hybridized carbons (Fsp3) is 0.579. The van der Waals surface area contributed by atoms with E-state index >= 15 is 0 Å². The van der Waals surface area contributed by atoms with Crippen LogP contribution in [0, 0.1) is 22.7 Å². The number of allylic oxidation sites excluding steroid dienone is 1. The minimum atomic E-state index is 0.0445. The van der Waals surface area contributed by atoms with Crippen molar-refractivity contribution in [1.82, 2.24) is 20.9 Å². The second-order valence-corrected chi connectivity index (χ2v) is 6.56. The molecular weight excluding hydrogens is 328 g/mol. The maximum atomic E-state index is 8.87. The first-order valence-electron chi connectivity index (χ1n) is 8.93. The summed E-state index contributed by atoms with van der Waals surface area (Å²) in [5, 5.41) is 26.9. The lowest BCUT2D eigenvalue weighted by molar-refractivity contribution is 0.152. The summed E-state index contributed by atoms with van der Waals surface area (Å²) in [5.41, 5.74) is 0.0445. The Balaban J connectivity index is 2.42. The lowest BCUT2D eigenvalue weighted by Gasteiger charge is -2.29. The van der Waals surface area contributed by atoms with Gasteiger partial charge in [-0.15, -0.1) is 0 Å². The second-order valence-electron chi connectivity index (χ2n) is 6.56. The smallest absolute Gasteiger partial charge is 0.169 e. The summed E-state index contributed by atoms with van der Waals surface area (Å²) in [6.45, 7) is 11.5. The largest absolute Gasteiger partial charge is 0.463 e. The quantitative estimate of drug-likeness (QED) is 0.411. The molecule has 7 heteroatoms. The molecule has 142 valence electrons. The molecule has 0 aliphatic rings. The van der Waals surface area contributed by atoms with Crippen LogP contribution in [0.3, 0.4) is 0 Å². The van der Waals surface area contributed by atoms with E-state index in [0.717, 1.165) is 18.1 Å². The summed E-state index contributed by atoms with van der Waals surface area (Å²) in [4.78, 5) is 2.38. The van der Waals surface area contributed by atoms with Gasteiger partial charge in [-0.2, -0.15) is 10.5 Å². The predicted octanol–water partition coefficient (Wildman–Crippen LogP) is 2.06. The van der Waals surface area contributed by atoms with E-state index < -0.39 is 0 Å². The van der Waals surface area contributed by atoms with Gasteiger partial charge >= 0.3 is 0 Å². The zero-order valence-corrected chi connectivity index (χ0v) is 16.4. The molecule has 26 heavy (non-hydrogen) atoms. The lowest BCUT2D eigenvalue weighted by Crippen LogP contribution is -2.36. The topological polar surface area (TPSA) is 100 Å². The Hall–Kier alpha value is -2.48. The Kier molecular flexibility index (Phi) is 9.29. The summed E-state index contributed by atoms with van der Waals surface area (Å²) in [5.74, 6) is 2.31. The summed E-state index contributed by atoms with van der Waals surface area (Å²) in [6.07, 6.45) is 0. The van der Waals surface area contributed by atoms with Crippen molar-refractivity contribution >= 4 is 0 Å². The molecule has 0 spiro atoms. The molecule has 0 saturated heterocycles. The number of hydrogen-bond acceptors (Lipinski definition) is 7. The van der Waals surface area contributed by atoms with E-state index in [9.17, 15) is 0 Å². The molecule has 1 heterocycles. The molecule has 7 nitrogen and oxygen atoms in total. The Labute approximate surface area is 156 Å². The van der Waals surface area contributed by atoms with Crippen molar-refractivity contribution in [3.63, 3.8) is 0 Å². The zero-order valence-electron chi connectivity index (χ0n) is 16.4. The van der Waals surface area contributed by atoms with E-state index in [0.29, 0.717) is 37.5 Å². The average Bonchev–Trinajstić information content (AvgIpc) is 3.05. The second kappa shape index (κ2) is 11.2. The third-order valence-corrected chi connectivity index (χ3v) is 4.01. The SMILES string of the molecule is CNC(NCCNCc1ccc(CN(C(C)C)C(C)C)o1)=C(C#N)C#N. The van der Waals surface area contributed by atoms with E-state index in [4.69, 9.17) is 14.9 Å². The number of rotatable bonds is 11. The number of nitrogens with one attached hydrogen (secondary N) is 3. The van der Waals surface area contributed by atoms with Crippen LogP contribution in [0.2, 0.25) is 0 Å². The predicted molar refractivity (Wildman–Crippen MR) is 102 cm³/mol. The third kappa shape index (κ3) is 6.79. The lowest BCUT2D eigenvalue weighted by atomic mass is 10.2. The molecule has 1 aromatic heterocycles. The standard InChI is InChI=1S/C19H30N6O/c1-14(2)25(15(3)4)13-18-7-6-17(26-18)12-23-8-9-24-19(22-5)16(10-20)11-21/h6-7,14-15,22-24H,8-9,12-13H2,1-5H3. The van der Waals surface area contributed by atoms with Gasteiger partial charge in [0.05, 0.1) is 13.1 Å². The first-order chi connectivity index (χ1) is 12.4. The van der Waals surface area contributed by atoms with Crippen LogP contribution in [0.4, 0.5) is 0 Å². The first kappa shape index (κ1) is 21.6. The van der Waals surface area contributed by atoms with Crippen molar-refractivity contribution in [2.45, 2.75) is 52.9 Å². The fourth-order valence-corrected chi connectivity index (χ4v) is 2.67. The highest BCUT2D eigenvalue weighted by atomic mass is 16.3. The van der Waals surface area contributed by atoms with Crippen LogP contribution in [0.1, 0.15) is 39.2 Å². The molecule has 0 amide bonds. The highest BCUT2D eigenvalue weighted by molar-refractivity contribution is 5.38. The highest BCUT2D eigenvalue weighted by Gasteiger charge is 2.15. The number of nitriles is 2. The number of nitrogens with zero attached hydrogens (tertiary/aromatic N) is 3. The van der Waals surface area contributed by atoms with Gasteiger partial charge in [0.2, 0.25) is 0 Å². The molecular formula is C19H30N6O. The van der Waals surface area contributed by atoms with E-state index in [1.165, 1.54) is 0 Å². The van der Waals surface area contributed by atoms with Gasteiger partial charge in [-0.05, 0) is 39.8 Å². The molecule has 1 aromatic rings. The molecule has 0 aromatic carbocycles. The van der Waals surface area contributed by atoms with E-state index in [-0.39, 0.29) is 5.57 Å². The third-order valence-electron chi connectivity index (χ3n) is 4.01. The summed E-state index contributed by atoms with van der Waals surface area (Å²) in [6, 6.07) is 8.67. The molecule has 0 aliphatic heterocycles. The molecule has 0 aliphatic carbocycles. The molecule has 0 bridgehead atoms. The van der Waals surface area contributed by atoms with Crippen molar-refractivity contribution in [3.8, 4) is 12.1 Å². The van der Waals surface area contributed by atoms with Crippen LogP contribution in [0.5, 0.6) is 0 Å². The maximum absolute atomic E-state index is 8.87. The van der Waals surface area contributed by atoms with Crippen molar-refractivity contribution < 1.29 is 4.42 Å². The van der Waals surface area contributed by atoms with E-state index in [1.54, 1.807) is 7.05 Å². The van der Waals surface area contributed by atoms with Gasteiger partial charge in [-0.25, -0.2) is 0 Å². The zero-order chi connectivity index (χ0) is 19.5. The first-order valence-corrected chi connectivity index (χ1v) is 8.93. The van der Waals surface area contributed by atoms with Crippen LogP contribution in [0.15, 0.2) is 27.9 Å². The van der Waals surface area contributed by atoms with Gasteiger partial charge in [-0.3, -0.25) is 4.90 Å². The summed E-state index contributed by atoms with van der Waals surface area (Å²) < 4.78 is 5.90. The van der Waals surface area contributed by atoms with Gasteiger partial charge in [0.1, 0.15) is 29.5 Å². The van der Waals surface area contributed by atoms with E-state index in [1.807, 2.05) is 24.3 Å². The Morgan fingerprint density at radius 2 is 1.69 bits per heavy atom. The molecule has 1 rings (SSSR count). The van der Waals surface area contributed by atoms with E-state index in [2.05, 4.69) is 48.5 Å².